The molecule has 3 heteroatoms. The van der Waals surface area contributed by atoms with Gasteiger partial charge in [0.2, 0.25) is 5.91 Å². The Hall–Kier alpha value is -0.960. The predicted octanol–water partition coefficient (Wildman–Crippen LogP) is 3.47. The summed E-state index contributed by atoms with van der Waals surface area (Å²) in [5, 5.41) is 3.00. The summed E-state index contributed by atoms with van der Waals surface area (Å²) in [5.41, 5.74) is 1.27. The van der Waals surface area contributed by atoms with E-state index in [9.17, 15) is 4.79 Å². The molecular weight excluding hydrogens is 242 g/mol. The number of rotatable bonds is 7. The van der Waals surface area contributed by atoms with Gasteiger partial charge in [-0.2, -0.15) is 0 Å². The molecule has 0 saturated carbocycles. The first-order valence-electron chi connectivity index (χ1n) is 6.53. The van der Waals surface area contributed by atoms with Crippen molar-refractivity contribution in [1.82, 2.24) is 5.32 Å². The van der Waals surface area contributed by atoms with Gasteiger partial charge in [-0.25, -0.2) is 0 Å². The van der Waals surface area contributed by atoms with Crippen LogP contribution in [0.25, 0.3) is 0 Å². The summed E-state index contributed by atoms with van der Waals surface area (Å²) in [7, 11) is 0. The van der Waals surface area contributed by atoms with Crippen molar-refractivity contribution in [1.29, 1.82) is 0 Å². The highest BCUT2D eigenvalue weighted by Crippen LogP contribution is 2.17. The van der Waals surface area contributed by atoms with Crippen molar-refractivity contribution in [2.75, 3.05) is 6.54 Å². The van der Waals surface area contributed by atoms with Gasteiger partial charge < -0.3 is 5.32 Å². The van der Waals surface area contributed by atoms with Gasteiger partial charge in [-0.05, 0) is 24.8 Å². The van der Waals surface area contributed by atoms with Crippen molar-refractivity contribution in [3.05, 3.63) is 35.9 Å². The highest BCUT2D eigenvalue weighted by Gasteiger charge is 2.12. The molecule has 0 aliphatic rings. The smallest absolute Gasteiger partial charge is 0.232 e. The molecule has 1 aromatic rings. The maximum atomic E-state index is 11.8. The fourth-order valence-electron chi connectivity index (χ4n) is 1.50. The second-order valence-corrected chi connectivity index (χ2v) is 6.24. The quantitative estimate of drug-likeness (QED) is 0.818. The van der Waals surface area contributed by atoms with Crippen molar-refractivity contribution in [2.45, 2.75) is 38.2 Å². The van der Waals surface area contributed by atoms with E-state index in [-0.39, 0.29) is 11.2 Å². The number of hydrogen-bond donors (Lipinski definition) is 1. The second kappa shape index (κ2) is 8.20. The molecule has 0 saturated heterocycles. The summed E-state index contributed by atoms with van der Waals surface area (Å²) in [4.78, 5) is 11.8. The van der Waals surface area contributed by atoms with Crippen LogP contribution in [0.5, 0.6) is 0 Å². The Morgan fingerprint density at radius 3 is 2.50 bits per heavy atom. The molecular formula is C15H23NOS. The molecule has 2 nitrogen and oxygen atoms in total. The van der Waals surface area contributed by atoms with Crippen LogP contribution in [-0.4, -0.2) is 17.7 Å². The van der Waals surface area contributed by atoms with E-state index in [2.05, 4.69) is 31.3 Å². The molecule has 0 heterocycles. The molecule has 0 bridgehead atoms. The fraction of sp³-hybridized carbons (Fsp3) is 0.533. The van der Waals surface area contributed by atoms with Crippen molar-refractivity contribution in [3.8, 4) is 0 Å². The summed E-state index contributed by atoms with van der Waals surface area (Å²) in [6, 6.07) is 10.3. The molecule has 1 atom stereocenters. The van der Waals surface area contributed by atoms with Gasteiger partial charge in [0.1, 0.15) is 0 Å². The van der Waals surface area contributed by atoms with Crippen LogP contribution in [0.4, 0.5) is 0 Å². The van der Waals surface area contributed by atoms with Gasteiger partial charge in [0, 0.05) is 12.3 Å². The number of carbonyl (C=O) groups is 1. The number of benzene rings is 1. The van der Waals surface area contributed by atoms with E-state index < -0.39 is 0 Å². The first-order chi connectivity index (χ1) is 8.59. The van der Waals surface area contributed by atoms with Crippen molar-refractivity contribution in [2.24, 2.45) is 5.92 Å². The lowest BCUT2D eigenvalue weighted by Crippen LogP contribution is -2.32. The maximum absolute atomic E-state index is 11.8. The Bertz CT molecular complexity index is 351. The third kappa shape index (κ3) is 6.10. The van der Waals surface area contributed by atoms with Gasteiger partial charge in [-0.3, -0.25) is 4.79 Å². The minimum atomic E-state index is 0.0115. The Morgan fingerprint density at radius 1 is 1.22 bits per heavy atom. The van der Waals surface area contributed by atoms with Gasteiger partial charge in [-0.1, -0.05) is 44.2 Å². The largest absolute Gasteiger partial charge is 0.355 e. The molecule has 0 aliphatic heterocycles. The third-order valence-electron chi connectivity index (χ3n) is 2.73. The summed E-state index contributed by atoms with van der Waals surface area (Å²) in [5.74, 6) is 1.67. The third-order valence-corrected chi connectivity index (χ3v) is 3.95. The van der Waals surface area contributed by atoms with Crippen LogP contribution in [0.1, 0.15) is 32.8 Å². The summed E-state index contributed by atoms with van der Waals surface area (Å²) >= 11 is 1.68. The van der Waals surface area contributed by atoms with E-state index in [1.807, 2.05) is 25.1 Å². The fourth-order valence-corrected chi connectivity index (χ4v) is 2.37. The SMILES string of the molecule is CC(C)CCNC(=O)[C@@H](C)SCc1ccccc1. The Morgan fingerprint density at radius 2 is 1.89 bits per heavy atom. The van der Waals surface area contributed by atoms with Gasteiger partial charge >= 0.3 is 0 Å². The highest BCUT2D eigenvalue weighted by atomic mass is 32.2. The van der Waals surface area contributed by atoms with Crippen LogP contribution in [0.3, 0.4) is 0 Å². The Balaban J connectivity index is 2.23. The molecule has 0 aromatic heterocycles. The molecule has 18 heavy (non-hydrogen) atoms. The molecule has 1 aromatic carbocycles. The number of thioether (sulfide) groups is 1. The highest BCUT2D eigenvalue weighted by molar-refractivity contribution is 7.99. The molecule has 0 aliphatic carbocycles. The minimum Gasteiger partial charge on any atom is -0.355 e. The number of amides is 1. The zero-order chi connectivity index (χ0) is 13.4. The average molecular weight is 265 g/mol. The van der Waals surface area contributed by atoms with Crippen LogP contribution >= 0.6 is 11.8 Å². The maximum Gasteiger partial charge on any atom is 0.232 e. The van der Waals surface area contributed by atoms with Gasteiger partial charge in [0.05, 0.1) is 5.25 Å². The van der Waals surface area contributed by atoms with E-state index in [0.29, 0.717) is 5.92 Å². The van der Waals surface area contributed by atoms with E-state index in [0.717, 1.165) is 18.7 Å². The van der Waals surface area contributed by atoms with E-state index in [4.69, 9.17) is 0 Å². The van der Waals surface area contributed by atoms with E-state index >= 15 is 0 Å². The predicted molar refractivity (Wildman–Crippen MR) is 79.7 cm³/mol. The lowest BCUT2D eigenvalue weighted by atomic mass is 10.1. The topological polar surface area (TPSA) is 29.1 Å². The summed E-state index contributed by atoms with van der Waals surface area (Å²) < 4.78 is 0. The second-order valence-electron chi connectivity index (χ2n) is 4.91. The Labute approximate surface area is 115 Å². The molecule has 1 amide bonds. The van der Waals surface area contributed by atoms with Crippen LogP contribution in [0.15, 0.2) is 30.3 Å². The van der Waals surface area contributed by atoms with Crippen LogP contribution < -0.4 is 5.32 Å². The number of hydrogen-bond acceptors (Lipinski definition) is 2. The van der Waals surface area contributed by atoms with Crippen molar-refractivity contribution in [3.63, 3.8) is 0 Å². The molecule has 0 unspecified atom stereocenters. The lowest BCUT2D eigenvalue weighted by molar-refractivity contribution is -0.120. The van der Waals surface area contributed by atoms with Crippen molar-refractivity contribution >= 4 is 17.7 Å². The van der Waals surface area contributed by atoms with Gasteiger partial charge in [0.25, 0.3) is 0 Å². The number of nitrogens with one attached hydrogen (secondary N) is 1. The summed E-state index contributed by atoms with van der Waals surface area (Å²) in [6.07, 6.45) is 1.04. The zero-order valence-corrected chi connectivity index (χ0v) is 12.3. The monoisotopic (exact) mass is 265 g/mol. The first-order valence-corrected chi connectivity index (χ1v) is 7.57. The van der Waals surface area contributed by atoms with E-state index in [1.54, 1.807) is 11.8 Å². The molecule has 100 valence electrons. The van der Waals surface area contributed by atoms with Crippen LogP contribution in [-0.2, 0) is 10.5 Å². The van der Waals surface area contributed by atoms with Crippen LogP contribution in [0, 0.1) is 5.92 Å². The number of carbonyl (C=O) groups excluding carboxylic acids is 1. The average Bonchev–Trinajstić information content (AvgIpc) is 2.36. The first kappa shape index (κ1) is 15.1. The molecule has 0 fully saturated rings. The van der Waals surface area contributed by atoms with Crippen LogP contribution in [0.2, 0.25) is 0 Å². The standard InChI is InChI=1S/C15H23NOS/c1-12(2)9-10-16-15(17)13(3)18-11-14-7-5-4-6-8-14/h4-8,12-13H,9-11H2,1-3H3,(H,16,17)/t13-/m1/s1. The lowest BCUT2D eigenvalue weighted by Gasteiger charge is -2.12. The van der Waals surface area contributed by atoms with Gasteiger partial charge in [0.15, 0.2) is 0 Å². The molecule has 1 rings (SSSR count). The van der Waals surface area contributed by atoms with Gasteiger partial charge in [-0.15, -0.1) is 11.8 Å². The Kier molecular flexibility index (Phi) is 6.88. The molecule has 0 spiro atoms. The molecule has 0 radical (unpaired) electrons. The summed E-state index contributed by atoms with van der Waals surface area (Å²) in [6.45, 7) is 7.09. The zero-order valence-electron chi connectivity index (χ0n) is 11.5. The van der Waals surface area contributed by atoms with E-state index in [1.165, 1.54) is 5.56 Å². The van der Waals surface area contributed by atoms with Crippen molar-refractivity contribution < 1.29 is 4.79 Å². The normalized spacial score (nSPS) is 12.4. The molecule has 1 N–H and O–H groups in total. The minimum absolute atomic E-state index is 0.0115.